The molecule has 0 aromatic heterocycles. The first kappa shape index (κ1) is 15.2. The Bertz CT molecular complexity index is 571. The minimum Gasteiger partial charge on any atom is -0.398 e. The molecule has 0 bridgehead atoms. The molecule has 1 aromatic carbocycles. The van der Waals surface area contributed by atoms with Crippen LogP contribution in [0.3, 0.4) is 0 Å². The molecule has 106 valence electrons. The fourth-order valence-electron chi connectivity index (χ4n) is 1.35. The second-order valence-corrected chi connectivity index (χ2v) is 6.40. The van der Waals surface area contributed by atoms with Crippen LogP contribution in [0.25, 0.3) is 0 Å². The Balaban J connectivity index is 2.71. The third-order valence-corrected chi connectivity index (χ3v) is 4.23. The van der Waals surface area contributed by atoms with Crippen LogP contribution in [0.4, 0.5) is 17.1 Å². The molecule has 3 N–H and O–H groups in total. The highest BCUT2D eigenvalue weighted by atomic mass is 32.2. The van der Waals surface area contributed by atoms with E-state index in [9.17, 15) is 18.5 Å². The van der Waals surface area contributed by atoms with E-state index in [1.165, 1.54) is 32.3 Å². The van der Waals surface area contributed by atoms with Gasteiger partial charge in [0.2, 0.25) is 10.0 Å². The molecule has 0 unspecified atom stereocenters. The largest absolute Gasteiger partial charge is 0.398 e. The van der Waals surface area contributed by atoms with Crippen molar-refractivity contribution in [1.29, 1.82) is 0 Å². The van der Waals surface area contributed by atoms with Crippen LogP contribution in [0.15, 0.2) is 18.2 Å². The minimum absolute atomic E-state index is 0.109. The second-order valence-electron chi connectivity index (χ2n) is 4.10. The number of nitrogens with zero attached hydrogens (tertiary/aromatic N) is 2. The molecule has 0 aliphatic rings. The van der Waals surface area contributed by atoms with E-state index in [-0.39, 0.29) is 23.7 Å². The Kier molecular flexibility index (Phi) is 4.67. The van der Waals surface area contributed by atoms with Crippen LogP contribution in [0, 0.1) is 10.1 Å². The summed E-state index contributed by atoms with van der Waals surface area (Å²) < 4.78 is 24.2. The van der Waals surface area contributed by atoms with E-state index in [1.54, 1.807) is 0 Å². The zero-order valence-corrected chi connectivity index (χ0v) is 11.5. The smallest absolute Gasteiger partial charge is 0.273 e. The molecule has 0 saturated heterocycles. The summed E-state index contributed by atoms with van der Waals surface area (Å²) in [6.07, 6.45) is 0. The molecule has 9 heteroatoms. The van der Waals surface area contributed by atoms with Gasteiger partial charge in [0.15, 0.2) is 0 Å². The van der Waals surface area contributed by atoms with E-state index >= 15 is 0 Å². The predicted octanol–water partition coefficient (Wildman–Crippen LogP) is 0.480. The molecule has 19 heavy (non-hydrogen) atoms. The van der Waals surface area contributed by atoms with E-state index < -0.39 is 14.9 Å². The van der Waals surface area contributed by atoms with Gasteiger partial charge in [0.05, 0.1) is 10.7 Å². The van der Waals surface area contributed by atoms with E-state index in [0.29, 0.717) is 5.69 Å². The summed E-state index contributed by atoms with van der Waals surface area (Å²) in [7, 11) is -0.409. The van der Waals surface area contributed by atoms with E-state index in [0.717, 1.165) is 4.31 Å². The number of hydrogen-bond donors (Lipinski definition) is 2. The number of rotatable bonds is 6. The van der Waals surface area contributed by atoms with Crippen LogP contribution in [0.5, 0.6) is 0 Å². The molecule has 0 aliphatic carbocycles. The van der Waals surface area contributed by atoms with Gasteiger partial charge in [-0.25, -0.2) is 12.7 Å². The van der Waals surface area contributed by atoms with E-state index in [1.807, 2.05) is 0 Å². The van der Waals surface area contributed by atoms with Gasteiger partial charge in [0.25, 0.3) is 5.69 Å². The van der Waals surface area contributed by atoms with Gasteiger partial charge in [0, 0.05) is 44.1 Å². The summed E-state index contributed by atoms with van der Waals surface area (Å²) in [5.41, 5.74) is 6.05. The Morgan fingerprint density at radius 2 is 2.00 bits per heavy atom. The lowest BCUT2D eigenvalue weighted by atomic mass is 10.2. The van der Waals surface area contributed by atoms with Crippen molar-refractivity contribution >= 4 is 27.1 Å². The van der Waals surface area contributed by atoms with Crippen molar-refractivity contribution in [2.24, 2.45) is 0 Å². The molecular formula is C10H16N4O4S. The Morgan fingerprint density at radius 3 is 2.53 bits per heavy atom. The summed E-state index contributed by atoms with van der Waals surface area (Å²) in [6, 6.07) is 4.05. The number of nitrogen functional groups attached to an aromatic ring is 1. The fraction of sp³-hybridized carbons (Fsp3) is 0.400. The van der Waals surface area contributed by atoms with Crippen LogP contribution in [-0.2, 0) is 10.0 Å². The number of hydrogen-bond acceptors (Lipinski definition) is 6. The van der Waals surface area contributed by atoms with Crippen molar-refractivity contribution in [3.05, 3.63) is 28.3 Å². The van der Waals surface area contributed by atoms with Crippen LogP contribution in [-0.4, -0.2) is 44.0 Å². The number of sulfonamides is 1. The lowest BCUT2D eigenvalue weighted by Gasteiger charge is -2.12. The quantitative estimate of drug-likeness (QED) is 0.446. The Morgan fingerprint density at radius 1 is 1.37 bits per heavy atom. The number of non-ortho nitro benzene ring substituents is 1. The van der Waals surface area contributed by atoms with Crippen molar-refractivity contribution in [2.75, 3.05) is 37.4 Å². The van der Waals surface area contributed by atoms with E-state index in [2.05, 4.69) is 5.32 Å². The zero-order chi connectivity index (χ0) is 14.6. The summed E-state index contributed by atoms with van der Waals surface area (Å²) in [5.74, 6) is -0.109. The first-order valence-corrected chi connectivity index (χ1v) is 7.02. The minimum atomic E-state index is -3.30. The number of nitrogens with two attached hydrogens (primary N) is 1. The highest BCUT2D eigenvalue weighted by Gasteiger charge is 2.13. The van der Waals surface area contributed by atoms with Crippen LogP contribution < -0.4 is 11.1 Å². The molecule has 8 nitrogen and oxygen atoms in total. The normalized spacial score (nSPS) is 11.5. The molecule has 0 heterocycles. The average molecular weight is 288 g/mol. The summed E-state index contributed by atoms with van der Waals surface area (Å²) in [6.45, 7) is 0.140. The van der Waals surface area contributed by atoms with Crippen LogP contribution in [0.1, 0.15) is 0 Å². The standard InChI is InChI=1S/C10H16N4O4S/c1-13(2)19(17,18)4-3-12-9-5-8(11)6-10(7-9)14(15)16/h5-7,12H,3-4,11H2,1-2H3. The van der Waals surface area contributed by atoms with Gasteiger partial charge in [-0.3, -0.25) is 10.1 Å². The monoisotopic (exact) mass is 288 g/mol. The summed E-state index contributed by atoms with van der Waals surface area (Å²) in [5, 5.41) is 13.4. The third-order valence-electron chi connectivity index (χ3n) is 2.40. The van der Waals surface area contributed by atoms with Crippen molar-refractivity contribution in [3.63, 3.8) is 0 Å². The molecule has 1 rings (SSSR count). The van der Waals surface area contributed by atoms with Gasteiger partial charge in [-0.15, -0.1) is 0 Å². The number of benzene rings is 1. The van der Waals surface area contributed by atoms with Gasteiger partial charge >= 0.3 is 0 Å². The van der Waals surface area contributed by atoms with Gasteiger partial charge in [-0.2, -0.15) is 0 Å². The molecule has 0 fully saturated rings. The molecule has 0 spiro atoms. The molecule has 0 aliphatic heterocycles. The number of nitro benzene ring substituents is 1. The maximum atomic E-state index is 11.5. The van der Waals surface area contributed by atoms with Gasteiger partial charge in [0.1, 0.15) is 0 Å². The number of anilines is 2. The van der Waals surface area contributed by atoms with Crippen molar-refractivity contribution in [3.8, 4) is 0 Å². The van der Waals surface area contributed by atoms with Crippen molar-refractivity contribution in [2.45, 2.75) is 0 Å². The van der Waals surface area contributed by atoms with Crippen LogP contribution >= 0.6 is 0 Å². The topological polar surface area (TPSA) is 119 Å². The van der Waals surface area contributed by atoms with Gasteiger partial charge < -0.3 is 11.1 Å². The Hall–Kier alpha value is -1.87. The van der Waals surface area contributed by atoms with Gasteiger partial charge in [-0.05, 0) is 6.07 Å². The molecule has 0 radical (unpaired) electrons. The SMILES string of the molecule is CN(C)S(=O)(=O)CCNc1cc(N)cc([N+](=O)[O-])c1. The maximum absolute atomic E-state index is 11.5. The summed E-state index contributed by atoms with van der Waals surface area (Å²) in [4.78, 5) is 10.1. The zero-order valence-electron chi connectivity index (χ0n) is 10.7. The highest BCUT2D eigenvalue weighted by molar-refractivity contribution is 7.89. The lowest BCUT2D eigenvalue weighted by Crippen LogP contribution is -2.28. The molecule has 0 amide bonds. The number of nitrogens with one attached hydrogen (secondary N) is 1. The summed E-state index contributed by atoms with van der Waals surface area (Å²) >= 11 is 0. The van der Waals surface area contributed by atoms with Crippen molar-refractivity contribution in [1.82, 2.24) is 4.31 Å². The lowest BCUT2D eigenvalue weighted by molar-refractivity contribution is -0.384. The second kappa shape index (κ2) is 5.85. The first-order valence-electron chi connectivity index (χ1n) is 5.41. The number of nitro groups is 1. The molecule has 1 aromatic rings. The van der Waals surface area contributed by atoms with Crippen molar-refractivity contribution < 1.29 is 13.3 Å². The third kappa shape index (κ3) is 4.38. The predicted molar refractivity (Wildman–Crippen MR) is 73.5 cm³/mol. The van der Waals surface area contributed by atoms with Gasteiger partial charge in [-0.1, -0.05) is 0 Å². The fourth-order valence-corrected chi connectivity index (χ4v) is 2.07. The Labute approximate surface area is 111 Å². The maximum Gasteiger partial charge on any atom is 0.273 e. The first-order chi connectivity index (χ1) is 8.72. The molecule has 0 saturated carbocycles. The molecular weight excluding hydrogens is 272 g/mol. The highest BCUT2D eigenvalue weighted by Crippen LogP contribution is 2.22. The van der Waals surface area contributed by atoms with Crippen LogP contribution in [0.2, 0.25) is 0 Å². The molecule has 0 atom stereocenters. The average Bonchev–Trinajstić information content (AvgIpc) is 2.27. The van der Waals surface area contributed by atoms with E-state index in [4.69, 9.17) is 5.73 Å².